The quantitative estimate of drug-likeness (QED) is 0.188. The molecule has 2 aliphatic heterocycles. The van der Waals surface area contributed by atoms with E-state index in [0.717, 1.165) is 42.5 Å². The molecule has 0 saturated carbocycles. The molecule has 2 aromatic rings. The third-order valence-corrected chi connectivity index (χ3v) is 13.2. The number of nitrogens with one attached hydrogen (secondary N) is 1. The SMILES string of the molecule is Br.CO[Si](CCC[N+]1(CCC[Si](OC)(OC)OC)C=c2ccc3c4c(ccc(c24)=C1)=CNC=3)(OC)OC.[Br-]. The van der Waals surface area contributed by atoms with E-state index in [1.54, 1.807) is 42.7 Å². The minimum atomic E-state index is -2.65. The third kappa shape index (κ3) is 6.52. The molecular weight excluding hydrogens is 652 g/mol. The maximum Gasteiger partial charge on any atom is 0.500 e. The molecule has 1 N–H and O–H groups in total. The van der Waals surface area contributed by atoms with Crippen molar-refractivity contribution in [2.45, 2.75) is 24.9 Å². The molecule has 0 fully saturated rings. The lowest BCUT2D eigenvalue weighted by Crippen LogP contribution is -3.00. The predicted octanol–water partition coefficient (Wildman–Crippen LogP) is -1.66. The molecule has 12 heteroatoms. The van der Waals surface area contributed by atoms with Crippen LogP contribution in [0.3, 0.4) is 0 Å². The molecule has 0 spiro atoms. The van der Waals surface area contributed by atoms with E-state index in [4.69, 9.17) is 26.6 Å². The van der Waals surface area contributed by atoms with Crippen LogP contribution in [0.1, 0.15) is 12.8 Å². The van der Waals surface area contributed by atoms with Gasteiger partial charge in [0, 0.05) is 101 Å². The van der Waals surface area contributed by atoms with E-state index in [9.17, 15) is 0 Å². The molecule has 0 radical (unpaired) electrons. The summed E-state index contributed by atoms with van der Waals surface area (Å²) in [6, 6.07) is 10.4. The first kappa shape index (κ1) is 33.3. The van der Waals surface area contributed by atoms with Crippen molar-refractivity contribution in [2.75, 3.05) is 55.7 Å². The monoisotopic (exact) mass is 690 g/mol. The molecule has 0 bridgehead atoms. The minimum absolute atomic E-state index is 0. The normalized spacial score (nSPS) is 15.1. The van der Waals surface area contributed by atoms with E-state index in [1.807, 2.05) is 0 Å². The van der Waals surface area contributed by atoms with Crippen LogP contribution in [0.5, 0.6) is 0 Å². The lowest BCUT2D eigenvalue weighted by atomic mass is 9.99. The molecule has 8 nitrogen and oxygen atoms in total. The van der Waals surface area contributed by atoms with Crippen LogP contribution >= 0.6 is 17.0 Å². The molecule has 0 unspecified atom stereocenters. The van der Waals surface area contributed by atoms with Crippen molar-refractivity contribution in [3.63, 3.8) is 0 Å². The highest BCUT2D eigenvalue weighted by molar-refractivity contribution is 8.93. The molecule has 0 atom stereocenters. The van der Waals surface area contributed by atoms with Crippen molar-refractivity contribution < 1.29 is 48.0 Å². The second-order valence-electron chi connectivity index (χ2n) is 9.30. The molecule has 38 heavy (non-hydrogen) atoms. The number of nitrogens with zero attached hydrogens (tertiary/aromatic N) is 1. The Bertz CT molecular complexity index is 1220. The van der Waals surface area contributed by atoms with Gasteiger partial charge in [-0.3, -0.25) is 4.48 Å². The predicted molar refractivity (Wildman–Crippen MR) is 156 cm³/mol. The average molecular weight is 693 g/mol. The summed E-state index contributed by atoms with van der Waals surface area (Å²) < 4.78 is 34.8. The highest BCUT2D eigenvalue weighted by Crippen LogP contribution is 2.24. The first-order chi connectivity index (χ1) is 17.4. The van der Waals surface area contributed by atoms with Crippen LogP contribution in [0.2, 0.25) is 12.1 Å². The second kappa shape index (κ2) is 14.1. The Kier molecular flexibility index (Phi) is 12.4. The zero-order valence-electron chi connectivity index (χ0n) is 23.0. The topological polar surface area (TPSA) is 67.4 Å². The van der Waals surface area contributed by atoms with Gasteiger partial charge < -0.3 is 48.9 Å². The van der Waals surface area contributed by atoms with Crippen molar-refractivity contribution in [2.24, 2.45) is 0 Å². The van der Waals surface area contributed by atoms with Gasteiger partial charge in [-0.1, -0.05) is 12.1 Å². The van der Waals surface area contributed by atoms with Crippen LogP contribution in [0, 0.1) is 0 Å². The fourth-order valence-corrected chi connectivity index (χ4v) is 8.94. The lowest BCUT2D eigenvalue weighted by molar-refractivity contribution is -0.772. The summed E-state index contributed by atoms with van der Waals surface area (Å²) in [5.74, 6) is 0. The van der Waals surface area contributed by atoms with Crippen molar-refractivity contribution in [1.29, 1.82) is 0 Å². The van der Waals surface area contributed by atoms with Gasteiger partial charge in [-0.2, -0.15) is 0 Å². The average Bonchev–Trinajstić information content (AvgIpc) is 2.93. The summed E-state index contributed by atoms with van der Waals surface area (Å²) in [4.78, 5) is 0. The van der Waals surface area contributed by atoms with E-state index in [0.29, 0.717) is 0 Å². The number of hydrogen-bond acceptors (Lipinski definition) is 7. The van der Waals surface area contributed by atoms with E-state index in [2.05, 4.69) is 54.4 Å². The van der Waals surface area contributed by atoms with Crippen molar-refractivity contribution in [3.05, 3.63) is 45.1 Å². The molecule has 212 valence electrons. The Labute approximate surface area is 248 Å². The first-order valence-electron chi connectivity index (χ1n) is 12.3. The summed E-state index contributed by atoms with van der Waals surface area (Å²) in [5.41, 5.74) is 0. The molecule has 0 amide bonds. The lowest BCUT2D eigenvalue weighted by Gasteiger charge is -2.35. The molecule has 2 aromatic carbocycles. The molecule has 4 rings (SSSR count). The highest BCUT2D eigenvalue weighted by atomic mass is 79.9. The van der Waals surface area contributed by atoms with Gasteiger partial charge in [-0.05, 0) is 22.6 Å². The molecule has 2 heterocycles. The smallest absolute Gasteiger partial charge is 0.500 e. The Morgan fingerprint density at radius 2 is 0.947 bits per heavy atom. The van der Waals surface area contributed by atoms with Gasteiger partial charge in [-0.15, -0.1) is 17.0 Å². The van der Waals surface area contributed by atoms with Gasteiger partial charge in [-0.25, -0.2) is 0 Å². The van der Waals surface area contributed by atoms with Gasteiger partial charge in [0.2, 0.25) is 0 Å². The van der Waals surface area contributed by atoms with Crippen LogP contribution in [-0.4, -0.2) is 77.8 Å². The molecule has 0 aromatic heterocycles. The van der Waals surface area contributed by atoms with E-state index >= 15 is 0 Å². The zero-order valence-corrected chi connectivity index (χ0v) is 28.3. The van der Waals surface area contributed by atoms with Crippen LogP contribution in [0.25, 0.3) is 35.6 Å². The van der Waals surface area contributed by atoms with E-state index < -0.39 is 17.6 Å². The number of quaternary nitrogens is 1. The molecule has 2 aliphatic rings. The van der Waals surface area contributed by atoms with Crippen molar-refractivity contribution in [1.82, 2.24) is 5.32 Å². The Morgan fingerprint density at radius 3 is 1.32 bits per heavy atom. The van der Waals surface area contributed by atoms with Crippen molar-refractivity contribution in [3.8, 4) is 0 Å². The maximum atomic E-state index is 5.69. The van der Waals surface area contributed by atoms with Gasteiger partial charge in [0.15, 0.2) is 0 Å². The Morgan fingerprint density at radius 1 is 0.605 bits per heavy atom. The van der Waals surface area contributed by atoms with E-state index in [1.165, 1.54) is 31.6 Å². The minimum Gasteiger partial charge on any atom is -1.00 e. The fourth-order valence-electron chi connectivity index (χ4n) is 5.53. The van der Waals surface area contributed by atoms with Gasteiger partial charge in [0.25, 0.3) is 0 Å². The van der Waals surface area contributed by atoms with Crippen molar-refractivity contribution >= 4 is 70.2 Å². The standard InChI is InChI=1S/C26H39N2O6Si2.2BrH/c1-29-35(30-2,31-3)15-7-13-28(14-8-16-36(32-4,33-5)34-6)19-23-11-9-21-17-27-18-22-10-12-24(20-28)26(23)25(21)22;;/h9-12,17-20,27H,7-8,13-16H2,1-6H3;2*1H/q+1;;/p-1. The summed E-state index contributed by atoms with van der Waals surface area (Å²) >= 11 is 0. The number of benzene rings is 2. The van der Waals surface area contributed by atoms with Gasteiger partial charge >= 0.3 is 17.6 Å². The summed E-state index contributed by atoms with van der Waals surface area (Å²) in [7, 11) is 4.73. The zero-order chi connectivity index (χ0) is 25.8. The number of halogens is 2. The number of hydrogen-bond donors (Lipinski definition) is 1. The Hall–Kier alpha value is -0.906. The first-order valence-corrected chi connectivity index (χ1v) is 16.2. The third-order valence-electron chi connectivity index (χ3n) is 7.54. The molecule has 0 saturated heterocycles. The molecule has 0 aliphatic carbocycles. The van der Waals surface area contributed by atoms with Crippen LogP contribution in [-0.2, 0) is 26.6 Å². The van der Waals surface area contributed by atoms with Gasteiger partial charge in [0.05, 0.1) is 13.1 Å². The highest BCUT2D eigenvalue weighted by Gasteiger charge is 2.40. The molecular formula is C26H40Br2N2O6Si2. The second-order valence-corrected chi connectivity index (χ2v) is 15.5. The van der Waals surface area contributed by atoms with Crippen LogP contribution < -0.4 is 43.2 Å². The number of rotatable bonds is 14. The summed E-state index contributed by atoms with van der Waals surface area (Å²) in [5, 5.41) is 10.9. The van der Waals surface area contributed by atoms with Crippen LogP contribution in [0.4, 0.5) is 0 Å². The van der Waals surface area contributed by atoms with E-state index in [-0.39, 0.29) is 34.0 Å². The fraction of sp³-hybridized carbons (Fsp3) is 0.462. The summed E-state index contributed by atoms with van der Waals surface area (Å²) in [6.07, 6.45) is 10.8. The largest absolute Gasteiger partial charge is 1.00 e. The summed E-state index contributed by atoms with van der Waals surface area (Å²) in [6.45, 7) is 1.80. The van der Waals surface area contributed by atoms with Gasteiger partial charge in [0.1, 0.15) is 12.4 Å². The maximum absolute atomic E-state index is 5.69. The van der Waals surface area contributed by atoms with Crippen LogP contribution in [0.15, 0.2) is 24.3 Å². The Balaban J connectivity index is 0.00000253.